The third kappa shape index (κ3) is 8.78. The van der Waals surface area contributed by atoms with Crippen molar-refractivity contribution >= 4 is 11.6 Å². The number of hydrogen-bond donors (Lipinski definition) is 0. The van der Waals surface area contributed by atoms with Gasteiger partial charge in [-0.3, -0.25) is 9.59 Å². The zero-order valence-corrected chi connectivity index (χ0v) is 23.3. The van der Waals surface area contributed by atoms with Crippen LogP contribution in [0.25, 0.3) is 0 Å². The van der Waals surface area contributed by atoms with Gasteiger partial charge in [0.15, 0.2) is 5.78 Å². The molecule has 0 bridgehead atoms. The maximum atomic E-state index is 13.9. The van der Waals surface area contributed by atoms with E-state index >= 15 is 0 Å². The number of rotatable bonds is 13. The summed E-state index contributed by atoms with van der Waals surface area (Å²) in [5, 5.41) is 0. The molecular formula is C30H48O4. The van der Waals surface area contributed by atoms with Crippen LogP contribution >= 0.6 is 0 Å². The fourth-order valence-electron chi connectivity index (χ4n) is 3.65. The third-order valence-electron chi connectivity index (χ3n) is 6.73. The Morgan fingerprint density at radius 3 is 1.97 bits per heavy atom. The summed E-state index contributed by atoms with van der Waals surface area (Å²) in [5.74, 6) is 0.420. The van der Waals surface area contributed by atoms with Gasteiger partial charge >= 0.3 is 0 Å². The first kappa shape index (κ1) is 30.3. The standard InChI is InChI=1S/C30H48O4/c1-12-16-22(21-24(31)27(2,3)4)19-20-33-30(10,11)29(8,9)26(32)25(34-28(5,6)7)23-17-14-13-15-18-23/h12-15,17-18,22,25H,1,16,19-21H2,2-11H3. The molecule has 2 unspecified atom stereocenters. The molecule has 192 valence electrons. The van der Waals surface area contributed by atoms with Gasteiger partial charge in [-0.05, 0) is 58.9 Å². The van der Waals surface area contributed by atoms with Crippen molar-refractivity contribution in [3.05, 3.63) is 48.6 Å². The molecule has 2 atom stereocenters. The van der Waals surface area contributed by atoms with Gasteiger partial charge in [0.1, 0.15) is 11.9 Å². The fraction of sp³-hybridized carbons (Fsp3) is 0.667. The molecule has 0 fully saturated rings. The first-order valence-corrected chi connectivity index (χ1v) is 12.5. The Hall–Kier alpha value is -1.78. The number of Topliss-reactive ketones (excluding diaryl/α,β-unsaturated/α-hetero) is 2. The molecule has 34 heavy (non-hydrogen) atoms. The van der Waals surface area contributed by atoms with Gasteiger partial charge in [-0.1, -0.05) is 71.0 Å². The predicted molar refractivity (Wildman–Crippen MR) is 141 cm³/mol. The van der Waals surface area contributed by atoms with Crippen molar-refractivity contribution in [2.45, 2.75) is 106 Å². The lowest BCUT2D eigenvalue weighted by Gasteiger charge is -2.43. The molecule has 0 spiro atoms. The largest absolute Gasteiger partial charge is 0.375 e. The highest BCUT2D eigenvalue weighted by Gasteiger charge is 2.48. The lowest BCUT2D eigenvalue weighted by atomic mass is 9.71. The molecule has 0 N–H and O–H groups in total. The van der Waals surface area contributed by atoms with Crippen LogP contribution in [0, 0.1) is 16.7 Å². The van der Waals surface area contributed by atoms with E-state index < -0.39 is 22.7 Å². The SMILES string of the molecule is C=CCC(CCOC(C)(C)C(C)(C)C(=O)C(OC(C)(C)C)c1ccccc1)CC(=O)C(C)(C)C. The monoisotopic (exact) mass is 472 g/mol. The molecule has 0 amide bonds. The Kier molecular flexibility index (Phi) is 10.5. The second-order valence-corrected chi connectivity index (χ2v) is 12.4. The van der Waals surface area contributed by atoms with Crippen LogP contribution in [-0.2, 0) is 19.1 Å². The van der Waals surface area contributed by atoms with Gasteiger partial charge in [0.2, 0.25) is 0 Å². The number of carbonyl (C=O) groups excluding carboxylic acids is 2. The number of carbonyl (C=O) groups is 2. The molecular weight excluding hydrogens is 424 g/mol. The average Bonchev–Trinajstić information content (AvgIpc) is 2.70. The number of benzene rings is 1. The number of ether oxygens (including phenoxy) is 2. The minimum Gasteiger partial charge on any atom is -0.375 e. The maximum absolute atomic E-state index is 13.9. The molecule has 0 aliphatic carbocycles. The van der Waals surface area contributed by atoms with Crippen LogP contribution in [0.5, 0.6) is 0 Å². The van der Waals surface area contributed by atoms with Crippen LogP contribution < -0.4 is 0 Å². The molecule has 1 aromatic carbocycles. The quantitative estimate of drug-likeness (QED) is 0.279. The van der Waals surface area contributed by atoms with Crippen LogP contribution in [-0.4, -0.2) is 29.4 Å². The smallest absolute Gasteiger partial charge is 0.174 e. The second kappa shape index (κ2) is 11.8. The zero-order valence-electron chi connectivity index (χ0n) is 23.3. The summed E-state index contributed by atoms with van der Waals surface area (Å²) in [5.41, 5.74) is -1.53. The molecule has 4 nitrogen and oxygen atoms in total. The summed E-state index contributed by atoms with van der Waals surface area (Å²) in [7, 11) is 0. The highest BCUT2D eigenvalue weighted by molar-refractivity contribution is 5.90. The van der Waals surface area contributed by atoms with Gasteiger partial charge in [-0.25, -0.2) is 0 Å². The third-order valence-corrected chi connectivity index (χ3v) is 6.73. The molecule has 0 aromatic heterocycles. The first-order chi connectivity index (χ1) is 15.4. The van der Waals surface area contributed by atoms with Gasteiger partial charge in [0, 0.05) is 18.4 Å². The second-order valence-electron chi connectivity index (χ2n) is 12.4. The van der Waals surface area contributed by atoms with Crippen molar-refractivity contribution < 1.29 is 19.1 Å². The lowest BCUT2D eigenvalue weighted by molar-refractivity contribution is -0.168. The lowest BCUT2D eigenvalue weighted by Crippen LogP contribution is -2.50. The first-order valence-electron chi connectivity index (χ1n) is 12.5. The van der Waals surface area contributed by atoms with Crippen LogP contribution in [0.3, 0.4) is 0 Å². The Balaban J connectivity index is 2.99. The Labute approximate surface area is 208 Å². The molecule has 0 aliphatic heterocycles. The predicted octanol–water partition coefficient (Wildman–Crippen LogP) is 7.52. The molecule has 1 aromatic rings. The zero-order chi connectivity index (χ0) is 26.4. The number of hydrogen-bond acceptors (Lipinski definition) is 4. The van der Waals surface area contributed by atoms with Crippen molar-refractivity contribution in [1.29, 1.82) is 0 Å². The number of allylic oxidation sites excluding steroid dienone is 1. The van der Waals surface area contributed by atoms with Crippen LogP contribution in [0.4, 0.5) is 0 Å². The minimum absolute atomic E-state index is 0.0100. The van der Waals surface area contributed by atoms with E-state index in [1.807, 2.05) is 106 Å². The van der Waals surface area contributed by atoms with E-state index in [0.717, 1.165) is 18.4 Å². The topological polar surface area (TPSA) is 52.6 Å². The van der Waals surface area contributed by atoms with E-state index in [1.165, 1.54) is 0 Å². The van der Waals surface area contributed by atoms with Gasteiger partial charge < -0.3 is 9.47 Å². The van der Waals surface area contributed by atoms with Crippen molar-refractivity contribution in [3.63, 3.8) is 0 Å². The van der Waals surface area contributed by atoms with E-state index in [1.54, 1.807) is 0 Å². The number of ketones is 2. The van der Waals surface area contributed by atoms with Crippen molar-refractivity contribution in [2.75, 3.05) is 6.61 Å². The molecule has 0 radical (unpaired) electrons. The molecule has 0 heterocycles. The summed E-state index contributed by atoms with van der Waals surface area (Å²) in [6, 6.07) is 9.66. The van der Waals surface area contributed by atoms with Crippen molar-refractivity contribution in [3.8, 4) is 0 Å². The van der Waals surface area contributed by atoms with Crippen LogP contribution in [0.15, 0.2) is 43.0 Å². The van der Waals surface area contributed by atoms with E-state index in [-0.39, 0.29) is 22.9 Å². The van der Waals surface area contributed by atoms with Gasteiger partial charge in [-0.15, -0.1) is 6.58 Å². The highest BCUT2D eigenvalue weighted by atomic mass is 16.5. The summed E-state index contributed by atoms with van der Waals surface area (Å²) >= 11 is 0. The van der Waals surface area contributed by atoms with E-state index in [0.29, 0.717) is 13.0 Å². The summed E-state index contributed by atoms with van der Waals surface area (Å²) < 4.78 is 12.6. The van der Waals surface area contributed by atoms with Crippen molar-refractivity contribution in [2.24, 2.45) is 16.7 Å². The highest BCUT2D eigenvalue weighted by Crippen LogP contribution is 2.41. The summed E-state index contributed by atoms with van der Waals surface area (Å²) in [4.78, 5) is 26.4. The molecule has 0 saturated carbocycles. The maximum Gasteiger partial charge on any atom is 0.174 e. The minimum atomic E-state index is -0.812. The van der Waals surface area contributed by atoms with Crippen LogP contribution in [0.1, 0.15) is 100 Å². The Bertz CT molecular complexity index is 806. The van der Waals surface area contributed by atoms with Gasteiger partial charge in [0.25, 0.3) is 0 Å². The molecule has 0 aliphatic rings. The van der Waals surface area contributed by atoms with Crippen molar-refractivity contribution in [1.82, 2.24) is 0 Å². The van der Waals surface area contributed by atoms with E-state index in [9.17, 15) is 9.59 Å². The van der Waals surface area contributed by atoms with Gasteiger partial charge in [-0.2, -0.15) is 0 Å². The Morgan fingerprint density at radius 2 is 1.50 bits per heavy atom. The molecule has 0 saturated heterocycles. The molecule has 1 rings (SSSR count). The van der Waals surface area contributed by atoms with Gasteiger partial charge in [0.05, 0.1) is 16.6 Å². The average molecular weight is 473 g/mol. The summed E-state index contributed by atoms with van der Waals surface area (Å²) in [6.45, 7) is 23.9. The van der Waals surface area contributed by atoms with E-state index in [4.69, 9.17) is 9.47 Å². The van der Waals surface area contributed by atoms with Crippen LogP contribution in [0.2, 0.25) is 0 Å². The normalized spacial score (nSPS) is 15.0. The fourth-order valence-corrected chi connectivity index (χ4v) is 3.65. The Morgan fingerprint density at radius 1 is 0.941 bits per heavy atom. The van der Waals surface area contributed by atoms with E-state index in [2.05, 4.69) is 6.58 Å². The molecule has 4 heteroatoms. The summed E-state index contributed by atoms with van der Waals surface area (Å²) in [6.07, 6.45) is 3.20.